The Morgan fingerprint density at radius 3 is 2.71 bits per heavy atom. The second-order valence-corrected chi connectivity index (χ2v) is 4.45. The van der Waals surface area contributed by atoms with E-state index in [-0.39, 0.29) is 16.9 Å². The molecular formula is C14H13N3O4. The molecule has 7 nitrogen and oxygen atoms in total. The average Bonchev–Trinajstić information content (AvgIpc) is 2.46. The fourth-order valence-electron chi connectivity index (χ4n) is 1.78. The molecule has 1 aromatic heterocycles. The molecule has 21 heavy (non-hydrogen) atoms. The first kappa shape index (κ1) is 14.4. The maximum atomic E-state index is 11.1. The van der Waals surface area contributed by atoms with Crippen molar-refractivity contribution in [1.82, 2.24) is 4.98 Å². The second-order valence-electron chi connectivity index (χ2n) is 4.45. The lowest BCUT2D eigenvalue weighted by Crippen LogP contribution is -2.07. The van der Waals surface area contributed by atoms with Crippen LogP contribution in [-0.4, -0.2) is 21.0 Å². The number of anilines is 1. The van der Waals surface area contributed by atoms with Crippen LogP contribution >= 0.6 is 0 Å². The molecule has 0 spiro atoms. The quantitative estimate of drug-likeness (QED) is 0.646. The van der Waals surface area contributed by atoms with Gasteiger partial charge in [0.25, 0.3) is 5.69 Å². The molecule has 7 heteroatoms. The van der Waals surface area contributed by atoms with Gasteiger partial charge in [0.1, 0.15) is 0 Å². The fourth-order valence-corrected chi connectivity index (χ4v) is 1.78. The number of aromatic nitrogens is 1. The van der Waals surface area contributed by atoms with E-state index in [0.717, 1.165) is 11.3 Å². The number of nitro groups is 1. The predicted octanol–water partition coefficient (Wildman–Crippen LogP) is 2.61. The van der Waals surface area contributed by atoms with Crippen LogP contribution in [0.4, 0.5) is 11.4 Å². The zero-order chi connectivity index (χ0) is 15.4. The number of benzene rings is 1. The number of nitrogens with zero attached hydrogens (tertiary/aromatic N) is 2. The first-order valence-corrected chi connectivity index (χ1v) is 6.14. The van der Waals surface area contributed by atoms with Gasteiger partial charge in [-0.3, -0.25) is 15.1 Å². The first-order valence-electron chi connectivity index (χ1n) is 6.14. The topological polar surface area (TPSA) is 105 Å². The fraction of sp³-hybridized carbons (Fsp3) is 0.143. The maximum absolute atomic E-state index is 11.1. The van der Waals surface area contributed by atoms with Crippen molar-refractivity contribution < 1.29 is 14.8 Å². The van der Waals surface area contributed by atoms with Gasteiger partial charge in [-0.1, -0.05) is 6.07 Å². The molecule has 0 atom stereocenters. The van der Waals surface area contributed by atoms with Gasteiger partial charge in [-0.25, -0.2) is 4.79 Å². The Balaban J connectivity index is 2.24. The van der Waals surface area contributed by atoms with Crippen molar-refractivity contribution >= 4 is 17.3 Å². The summed E-state index contributed by atoms with van der Waals surface area (Å²) >= 11 is 0. The molecule has 108 valence electrons. The average molecular weight is 287 g/mol. The highest BCUT2D eigenvalue weighted by molar-refractivity contribution is 5.94. The normalized spacial score (nSPS) is 10.1. The lowest BCUT2D eigenvalue weighted by Gasteiger charge is -2.09. The standard InChI is InChI=1S/C14H13N3O4/c1-9-2-3-10(7-15-9)8-16-13-6-11(17(20)21)4-5-12(13)14(18)19/h2-7,16H,8H2,1H3,(H,18,19). The summed E-state index contributed by atoms with van der Waals surface area (Å²) in [5.74, 6) is -1.14. The number of carboxylic acid groups (broad SMARTS) is 1. The Labute approximate surface area is 120 Å². The van der Waals surface area contributed by atoms with Crippen LogP contribution in [0.1, 0.15) is 21.6 Å². The monoisotopic (exact) mass is 287 g/mol. The highest BCUT2D eigenvalue weighted by atomic mass is 16.6. The number of aromatic carboxylic acids is 1. The van der Waals surface area contributed by atoms with E-state index < -0.39 is 10.9 Å². The summed E-state index contributed by atoms with van der Waals surface area (Å²) in [5, 5.41) is 22.8. The minimum atomic E-state index is -1.14. The molecule has 1 heterocycles. The number of carboxylic acids is 1. The van der Waals surface area contributed by atoms with Crippen molar-refractivity contribution in [3.63, 3.8) is 0 Å². The van der Waals surface area contributed by atoms with Crippen LogP contribution in [0.2, 0.25) is 0 Å². The predicted molar refractivity (Wildman–Crippen MR) is 76.4 cm³/mol. The van der Waals surface area contributed by atoms with Gasteiger partial charge in [0.05, 0.1) is 16.2 Å². The highest BCUT2D eigenvalue weighted by Crippen LogP contribution is 2.23. The molecule has 0 saturated heterocycles. The zero-order valence-electron chi connectivity index (χ0n) is 11.2. The molecule has 2 N–H and O–H groups in total. The maximum Gasteiger partial charge on any atom is 0.337 e. The van der Waals surface area contributed by atoms with Gasteiger partial charge >= 0.3 is 5.97 Å². The molecule has 1 aromatic carbocycles. The summed E-state index contributed by atoms with van der Waals surface area (Å²) < 4.78 is 0. The third kappa shape index (κ3) is 3.53. The van der Waals surface area contributed by atoms with E-state index in [1.807, 2.05) is 19.1 Å². The van der Waals surface area contributed by atoms with Gasteiger partial charge in [0.15, 0.2) is 0 Å². The van der Waals surface area contributed by atoms with E-state index in [0.29, 0.717) is 6.54 Å². The smallest absolute Gasteiger partial charge is 0.337 e. The number of pyridine rings is 1. The molecule has 0 fully saturated rings. The summed E-state index contributed by atoms with van der Waals surface area (Å²) in [6.45, 7) is 2.19. The zero-order valence-corrected chi connectivity index (χ0v) is 11.2. The molecular weight excluding hydrogens is 274 g/mol. The van der Waals surface area contributed by atoms with Gasteiger partial charge in [0, 0.05) is 30.6 Å². The van der Waals surface area contributed by atoms with E-state index in [1.54, 1.807) is 6.20 Å². The number of hydrogen-bond acceptors (Lipinski definition) is 5. The van der Waals surface area contributed by atoms with Crippen LogP contribution in [0.25, 0.3) is 0 Å². The summed E-state index contributed by atoms with van der Waals surface area (Å²) in [6, 6.07) is 7.29. The van der Waals surface area contributed by atoms with Crippen LogP contribution in [-0.2, 0) is 6.54 Å². The van der Waals surface area contributed by atoms with E-state index in [1.165, 1.54) is 18.2 Å². The number of aryl methyl sites for hydroxylation is 1. The van der Waals surface area contributed by atoms with Crippen LogP contribution < -0.4 is 5.32 Å². The van der Waals surface area contributed by atoms with Gasteiger partial charge in [0.2, 0.25) is 0 Å². The van der Waals surface area contributed by atoms with Crippen LogP contribution in [0.5, 0.6) is 0 Å². The Hall–Kier alpha value is -2.96. The van der Waals surface area contributed by atoms with E-state index in [4.69, 9.17) is 5.11 Å². The van der Waals surface area contributed by atoms with Crippen molar-refractivity contribution in [3.8, 4) is 0 Å². The minimum absolute atomic E-state index is 0.0133. The highest BCUT2D eigenvalue weighted by Gasteiger charge is 2.15. The first-order chi connectivity index (χ1) is 9.97. The molecule has 0 aliphatic heterocycles. The number of nitrogens with one attached hydrogen (secondary N) is 1. The van der Waals surface area contributed by atoms with E-state index in [9.17, 15) is 14.9 Å². The third-order valence-electron chi connectivity index (χ3n) is 2.90. The summed E-state index contributed by atoms with van der Waals surface area (Å²) in [6.07, 6.45) is 1.67. The molecule has 0 aliphatic carbocycles. The summed E-state index contributed by atoms with van der Waals surface area (Å²) in [4.78, 5) is 25.5. The molecule has 0 radical (unpaired) electrons. The van der Waals surface area contributed by atoms with E-state index in [2.05, 4.69) is 10.3 Å². The molecule has 0 unspecified atom stereocenters. The number of carbonyl (C=O) groups is 1. The molecule has 0 aliphatic rings. The van der Waals surface area contributed by atoms with E-state index >= 15 is 0 Å². The lowest BCUT2D eigenvalue weighted by atomic mass is 10.1. The van der Waals surface area contributed by atoms with Crippen LogP contribution in [0, 0.1) is 17.0 Å². The van der Waals surface area contributed by atoms with Crippen molar-refractivity contribution in [1.29, 1.82) is 0 Å². The van der Waals surface area contributed by atoms with Gasteiger partial charge in [-0.2, -0.15) is 0 Å². The van der Waals surface area contributed by atoms with Crippen LogP contribution in [0.3, 0.4) is 0 Å². The Bertz CT molecular complexity index is 683. The Morgan fingerprint density at radius 2 is 2.14 bits per heavy atom. The van der Waals surface area contributed by atoms with Crippen LogP contribution in [0.15, 0.2) is 36.5 Å². The number of non-ortho nitro benzene ring substituents is 1. The Morgan fingerprint density at radius 1 is 1.38 bits per heavy atom. The summed E-state index contributed by atoms with van der Waals surface area (Å²) in [5.41, 5.74) is 1.76. The third-order valence-corrected chi connectivity index (χ3v) is 2.90. The SMILES string of the molecule is Cc1ccc(CNc2cc([N+](=O)[O-])ccc2C(=O)O)cn1. The second kappa shape index (κ2) is 6.00. The number of rotatable bonds is 5. The van der Waals surface area contributed by atoms with Gasteiger partial charge in [-0.05, 0) is 24.6 Å². The Kier molecular flexibility index (Phi) is 4.13. The molecule has 0 bridgehead atoms. The molecule has 0 amide bonds. The van der Waals surface area contributed by atoms with Gasteiger partial charge < -0.3 is 10.4 Å². The molecule has 2 aromatic rings. The lowest BCUT2D eigenvalue weighted by molar-refractivity contribution is -0.384. The minimum Gasteiger partial charge on any atom is -0.478 e. The summed E-state index contributed by atoms with van der Waals surface area (Å²) in [7, 11) is 0. The van der Waals surface area contributed by atoms with Crippen molar-refractivity contribution in [3.05, 3.63) is 63.5 Å². The molecule has 2 rings (SSSR count). The number of nitro benzene ring substituents is 1. The largest absolute Gasteiger partial charge is 0.478 e. The number of hydrogen-bond donors (Lipinski definition) is 2. The van der Waals surface area contributed by atoms with Crippen molar-refractivity contribution in [2.45, 2.75) is 13.5 Å². The van der Waals surface area contributed by atoms with Crippen molar-refractivity contribution in [2.75, 3.05) is 5.32 Å². The van der Waals surface area contributed by atoms with Crippen molar-refractivity contribution in [2.24, 2.45) is 0 Å². The van der Waals surface area contributed by atoms with Gasteiger partial charge in [-0.15, -0.1) is 0 Å². The molecule has 0 saturated carbocycles.